The summed E-state index contributed by atoms with van der Waals surface area (Å²) in [5.74, 6) is 1.59. The van der Waals surface area contributed by atoms with Crippen molar-refractivity contribution in [1.82, 2.24) is 0 Å². The van der Waals surface area contributed by atoms with Crippen LogP contribution in [0.4, 0.5) is 0 Å². The second-order valence-electron chi connectivity index (χ2n) is 16.1. The van der Waals surface area contributed by atoms with Gasteiger partial charge < -0.3 is 4.74 Å². The monoisotopic (exact) mass is 542 g/mol. The molecule has 6 rings (SSSR count). The molecule has 4 unspecified atom stereocenters. The van der Waals surface area contributed by atoms with Crippen LogP contribution in [0.25, 0.3) is 0 Å². The minimum absolute atomic E-state index is 0.0263. The molecular formula is C37H50O3. The van der Waals surface area contributed by atoms with Crippen LogP contribution >= 0.6 is 0 Å². The molecule has 0 N–H and O–H groups in total. The molecule has 1 aromatic rings. The van der Waals surface area contributed by atoms with Crippen molar-refractivity contribution in [3.05, 3.63) is 59.7 Å². The molecule has 0 aliphatic heterocycles. The van der Waals surface area contributed by atoms with Gasteiger partial charge in [0.05, 0.1) is 5.41 Å². The van der Waals surface area contributed by atoms with Crippen molar-refractivity contribution in [2.24, 2.45) is 50.2 Å². The molecule has 216 valence electrons. The van der Waals surface area contributed by atoms with E-state index in [2.05, 4.69) is 60.6 Å². The van der Waals surface area contributed by atoms with E-state index in [0.29, 0.717) is 30.1 Å². The predicted molar refractivity (Wildman–Crippen MR) is 160 cm³/mol. The second-order valence-corrected chi connectivity index (χ2v) is 16.1. The van der Waals surface area contributed by atoms with E-state index in [0.717, 1.165) is 37.7 Å². The molecule has 3 heteroatoms. The molecule has 1 aromatic carbocycles. The molecule has 5 aliphatic carbocycles. The maximum absolute atomic E-state index is 13.6. The lowest BCUT2D eigenvalue weighted by Crippen LogP contribution is -2.63. The van der Waals surface area contributed by atoms with E-state index in [1.54, 1.807) is 5.57 Å². The fourth-order valence-corrected chi connectivity index (χ4v) is 10.7. The number of benzene rings is 1. The Morgan fingerprint density at radius 2 is 1.60 bits per heavy atom. The molecule has 8 atom stereocenters. The third-order valence-corrected chi connectivity index (χ3v) is 13.8. The lowest BCUT2D eigenvalue weighted by molar-refractivity contribution is -0.169. The highest BCUT2D eigenvalue weighted by molar-refractivity contribution is 5.95. The van der Waals surface area contributed by atoms with Crippen molar-refractivity contribution in [1.29, 1.82) is 0 Å². The van der Waals surface area contributed by atoms with Crippen LogP contribution < -0.4 is 0 Å². The van der Waals surface area contributed by atoms with Crippen LogP contribution in [-0.2, 0) is 20.9 Å². The summed E-state index contributed by atoms with van der Waals surface area (Å²) in [4.78, 5) is 26.6. The average Bonchev–Trinajstić information content (AvgIpc) is 2.91. The molecule has 0 saturated heterocycles. The van der Waals surface area contributed by atoms with E-state index >= 15 is 0 Å². The average molecular weight is 543 g/mol. The lowest BCUT2D eigenvalue weighted by Gasteiger charge is -2.70. The summed E-state index contributed by atoms with van der Waals surface area (Å²) in [6.07, 6.45) is 15.5. The number of rotatable bonds is 3. The standard InChI is InChI=1S/C37H50O3/c1-32(2)28-15-18-37(7)29(35(28,5)17-16-30(32)38)14-13-26-27-23-34(4,20-19-33(27,3)21-22-36(26,37)6)31(39)40-24-25-11-9-8-10-12-25/h8-13,16-17,27-29H,14-15,18-24H2,1-7H3/t27?,28?,29-,33?,34+,35+,36-,37?/m1/s1. The zero-order valence-electron chi connectivity index (χ0n) is 25.9. The van der Waals surface area contributed by atoms with Crippen molar-refractivity contribution in [3.63, 3.8) is 0 Å². The lowest BCUT2D eigenvalue weighted by atomic mass is 9.34. The van der Waals surface area contributed by atoms with Gasteiger partial charge in [-0.3, -0.25) is 9.59 Å². The first-order chi connectivity index (χ1) is 18.7. The van der Waals surface area contributed by atoms with Crippen LogP contribution in [0, 0.1) is 50.2 Å². The van der Waals surface area contributed by atoms with Gasteiger partial charge in [0.2, 0.25) is 0 Å². The Morgan fingerprint density at radius 3 is 2.33 bits per heavy atom. The topological polar surface area (TPSA) is 43.4 Å². The van der Waals surface area contributed by atoms with E-state index in [1.165, 1.54) is 19.3 Å². The highest BCUT2D eigenvalue weighted by Crippen LogP contribution is 2.74. The molecule has 3 fully saturated rings. The van der Waals surface area contributed by atoms with Gasteiger partial charge in [0, 0.05) is 5.41 Å². The number of ketones is 1. The summed E-state index contributed by atoms with van der Waals surface area (Å²) in [7, 11) is 0. The third-order valence-electron chi connectivity index (χ3n) is 13.8. The number of allylic oxidation sites excluding steroid dienone is 4. The first-order valence-electron chi connectivity index (χ1n) is 15.9. The summed E-state index contributed by atoms with van der Waals surface area (Å²) in [5, 5.41) is 0. The van der Waals surface area contributed by atoms with Crippen LogP contribution in [-0.4, -0.2) is 11.8 Å². The Balaban J connectivity index is 1.32. The quantitative estimate of drug-likeness (QED) is 0.283. The number of carbonyl (C=O) groups excluding carboxylic acids is 2. The Morgan fingerprint density at radius 1 is 0.900 bits per heavy atom. The van der Waals surface area contributed by atoms with Gasteiger partial charge in [-0.15, -0.1) is 0 Å². The van der Waals surface area contributed by atoms with Crippen molar-refractivity contribution >= 4 is 11.8 Å². The zero-order valence-corrected chi connectivity index (χ0v) is 25.9. The summed E-state index contributed by atoms with van der Waals surface area (Å²) in [5.41, 5.74) is 2.49. The molecule has 3 saturated carbocycles. The van der Waals surface area contributed by atoms with Crippen LogP contribution in [0.15, 0.2) is 54.1 Å². The predicted octanol–water partition coefficient (Wildman–Crippen LogP) is 8.88. The third kappa shape index (κ3) is 3.74. The number of hydrogen-bond acceptors (Lipinski definition) is 3. The summed E-state index contributed by atoms with van der Waals surface area (Å²) in [6, 6.07) is 10.0. The number of esters is 1. The van der Waals surface area contributed by atoms with E-state index < -0.39 is 5.41 Å². The van der Waals surface area contributed by atoms with Gasteiger partial charge in [0.25, 0.3) is 0 Å². The second kappa shape index (κ2) is 8.92. The highest BCUT2D eigenvalue weighted by Gasteiger charge is 2.67. The van der Waals surface area contributed by atoms with Gasteiger partial charge in [-0.1, -0.05) is 89.6 Å². The fourth-order valence-electron chi connectivity index (χ4n) is 10.7. The highest BCUT2D eigenvalue weighted by atomic mass is 16.5. The van der Waals surface area contributed by atoms with Crippen molar-refractivity contribution in [2.75, 3.05) is 0 Å². The summed E-state index contributed by atoms with van der Waals surface area (Å²) < 4.78 is 5.96. The molecular weight excluding hydrogens is 492 g/mol. The molecule has 0 spiro atoms. The van der Waals surface area contributed by atoms with Gasteiger partial charge >= 0.3 is 5.97 Å². The Labute approximate surface area is 242 Å². The maximum atomic E-state index is 13.6. The Kier molecular flexibility index (Phi) is 6.24. The number of carbonyl (C=O) groups is 2. The smallest absolute Gasteiger partial charge is 0.312 e. The summed E-state index contributed by atoms with van der Waals surface area (Å²) in [6.45, 7) is 17.0. The van der Waals surface area contributed by atoms with E-state index in [9.17, 15) is 9.59 Å². The van der Waals surface area contributed by atoms with Crippen molar-refractivity contribution in [3.8, 4) is 0 Å². The van der Waals surface area contributed by atoms with E-state index in [-0.39, 0.29) is 33.0 Å². The van der Waals surface area contributed by atoms with Gasteiger partial charge in [-0.25, -0.2) is 0 Å². The first kappa shape index (κ1) is 28.0. The molecule has 5 aliphatic rings. The van der Waals surface area contributed by atoms with Gasteiger partial charge in [-0.2, -0.15) is 0 Å². The van der Waals surface area contributed by atoms with Crippen molar-refractivity contribution in [2.45, 2.75) is 106 Å². The first-order valence-corrected chi connectivity index (χ1v) is 15.9. The largest absolute Gasteiger partial charge is 0.460 e. The Bertz CT molecular complexity index is 1270. The van der Waals surface area contributed by atoms with E-state index in [4.69, 9.17) is 4.74 Å². The zero-order chi connectivity index (χ0) is 28.8. The number of ether oxygens (including phenoxy) is 1. The van der Waals surface area contributed by atoms with Crippen LogP contribution in [0.3, 0.4) is 0 Å². The normalized spacial score (nSPS) is 45.3. The molecule has 3 nitrogen and oxygen atoms in total. The van der Waals surface area contributed by atoms with Gasteiger partial charge in [0.1, 0.15) is 6.61 Å². The fraction of sp³-hybridized carbons (Fsp3) is 0.676. The molecule has 0 heterocycles. The minimum atomic E-state index is -0.448. The molecule has 0 amide bonds. The van der Waals surface area contributed by atoms with Gasteiger partial charge in [0.15, 0.2) is 5.78 Å². The van der Waals surface area contributed by atoms with Crippen LogP contribution in [0.2, 0.25) is 0 Å². The van der Waals surface area contributed by atoms with E-state index in [1.807, 2.05) is 36.4 Å². The van der Waals surface area contributed by atoms with Crippen LogP contribution in [0.5, 0.6) is 0 Å². The minimum Gasteiger partial charge on any atom is -0.460 e. The number of fused-ring (bicyclic) bond motifs is 7. The SMILES string of the molecule is CC12CC[C@](C)(C(=O)OCc3ccccc3)CC1C1=CC[C@H]3C(C)(CCC4C(C)(C)C(=O)C=C[C@@]43C)[C@]1(C)CC2. The Hall–Kier alpha value is -2.16. The van der Waals surface area contributed by atoms with Crippen molar-refractivity contribution < 1.29 is 14.3 Å². The van der Waals surface area contributed by atoms with Crippen LogP contribution in [0.1, 0.15) is 105 Å². The van der Waals surface area contributed by atoms with Gasteiger partial charge in [-0.05, 0) is 109 Å². The number of hydrogen-bond donors (Lipinski definition) is 0. The maximum Gasteiger partial charge on any atom is 0.312 e. The summed E-state index contributed by atoms with van der Waals surface area (Å²) >= 11 is 0. The molecule has 0 radical (unpaired) electrons. The molecule has 0 aromatic heterocycles. The molecule has 40 heavy (non-hydrogen) atoms. The molecule has 0 bridgehead atoms.